The topological polar surface area (TPSA) is 87.7 Å². The number of hydrazone groups is 1. The molecule has 0 aliphatic rings. The van der Waals surface area contributed by atoms with E-state index in [1.807, 2.05) is 5.43 Å². The standard InChI is InChI=1S/C8H7BrFN3O2/c9-5-1-4(3-12-13-8(11)15)6(10)2-7(5)14/h1-3,14H,(H3,11,13,15). The van der Waals surface area contributed by atoms with Gasteiger partial charge in [0, 0.05) is 11.6 Å². The number of nitrogens with one attached hydrogen (secondary N) is 1. The maximum absolute atomic E-state index is 13.1. The predicted molar refractivity (Wildman–Crippen MR) is 56.1 cm³/mol. The van der Waals surface area contributed by atoms with Crippen LogP contribution < -0.4 is 11.2 Å². The van der Waals surface area contributed by atoms with Crippen LogP contribution in [0.5, 0.6) is 5.75 Å². The van der Waals surface area contributed by atoms with E-state index in [2.05, 4.69) is 21.0 Å². The molecular weight excluding hydrogens is 269 g/mol. The van der Waals surface area contributed by atoms with Crippen molar-refractivity contribution in [3.8, 4) is 5.75 Å². The van der Waals surface area contributed by atoms with E-state index in [1.165, 1.54) is 6.07 Å². The van der Waals surface area contributed by atoms with Crippen LogP contribution >= 0.6 is 15.9 Å². The third kappa shape index (κ3) is 3.21. The Balaban J connectivity index is 2.90. The molecule has 1 aromatic carbocycles. The first-order valence-electron chi connectivity index (χ1n) is 3.77. The first-order chi connectivity index (χ1) is 7.00. The molecule has 0 unspecified atom stereocenters. The molecule has 0 spiro atoms. The van der Waals surface area contributed by atoms with Crippen LogP contribution in [0.15, 0.2) is 21.7 Å². The summed E-state index contributed by atoms with van der Waals surface area (Å²) in [5, 5.41) is 12.5. The molecule has 0 heterocycles. The van der Waals surface area contributed by atoms with Crippen LogP contribution in [0.3, 0.4) is 0 Å². The fraction of sp³-hybridized carbons (Fsp3) is 0. The van der Waals surface area contributed by atoms with Crippen molar-refractivity contribution in [1.29, 1.82) is 0 Å². The lowest BCUT2D eigenvalue weighted by molar-refractivity contribution is 0.249. The van der Waals surface area contributed by atoms with Crippen LogP contribution in [0.2, 0.25) is 0 Å². The molecule has 0 aliphatic carbocycles. The third-order valence-corrected chi connectivity index (χ3v) is 2.08. The molecule has 0 radical (unpaired) electrons. The minimum absolute atomic E-state index is 0.105. The molecule has 0 bridgehead atoms. The monoisotopic (exact) mass is 275 g/mol. The predicted octanol–water partition coefficient (Wildman–Crippen LogP) is 1.30. The number of nitrogens with two attached hydrogens (primary N) is 1. The number of phenolic OH excluding ortho intramolecular Hbond substituents is 1. The molecular formula is C8H7BrFN3O2. The van der Waals surface area contributed by atoms with Crippen LogP contribution in [0.25, 0.3) is 0 Å². The minimum Gasteiger partial charge on any atom is -0.507 e. The van der Waals surface area contributed by atoms with Crippen molar-refractivity contribution in [3.05, 3.63) is 28.0 Å². The molecule has 0 aromatic heterocycles. The molecule has 1 rings (SSSR count). The van der Waals surface area contributed by atoms with Crippen molar-refractivity contribution in [3.63, 3.8) is 0 Å². The molecule has 15 heavy (non-hydrogen) atoms. The highest BCUT2D eigenvalue weighted by atomic mass is 79.9. The van der Waals surface area contributed by atoms with Crippen LogP contribution in [0, 0.1) is 5.82 Å². The first kappa shape index (κ1) is 11.4. The lowest BCUT2D eigenvalue weighted by Crippen LogP contribution is -2.24. The van der Waals surface area contributed by atoms with Gasteiger partial charge >= 0.3 is 6.03 Å². The van der Waals surface area contributed by atoms with E-state index in [0.717, 1.165) is 12.3 Å². The molecule has 0 atom stereocenters. The van der Waals surface area contributed by atoms with Crippen molar-refractivity contribution in [2.75, 3.05) is 0 Å². The Labute approximate surface area is 92.9 Å². The average molecular weight is 276 g/mol. The van der Waals surface area contributed by atoms with E-state index >= 15 is 0 Å². The van der Waals surface area contributed by atoms with Gasteiger partial charge < -0.3 is 10.8 Å². The second-order valence-corrected chi connectivity index (χ2v) is 3.41. The molecule has 7 heteroatoms. The van der Waals surface area contributed by atoms with Gasteiger partial charge in [0.1, 0.15) is 11.6 Å². The number of urea groups is 1. The highest BCUT2D eigenvalue weighted by Gasteiger charge is 2.05. The van der Waals surface area contributed by atoms with E-state index < -0.39 is 11.8 Å². The summed E-state index contributed by atoms with van der Waals surface area (Å²) in [5.74, 6) is -0.877. The summed E-state index contributed by atoms with van der Waals surface area (Å²) in [5.41, 5.74) is 6.77. The van der Waals surface area contributed by atoms with Gasteiger partial charge in [-0.15, -0.1) is 0 Å². The summed E-state index contributed by atoms with van der Waals surface area (Å²) in [6.45, 7) is 0. The Morgan fingerprint density at radius 1 is 1.67 bits per heavy atom. The summed E-state index contributed by atoms with van der Waals surface area (Å²) >= 11 is 3.01. The fourth-order valence-electron chi connectivity index (χ4n) is 0.816. The molecule has 5 nitrogen and oxygen atoms in total. The number of aromatic hydroxyl groups is 1. The van der Waals surface area contributed by atoms with Gasteiger partial charge in [0.05, 0.1) is 10.7 Å². The van der Waals surface area contributed by atoms with E-state index in [4.69, 9.17) is 10.8 Å². The second-order valence-electron chi connectivity index (χ2n) is 2.56. The van der Waals surface area contributed by atoms with E-state index in [1.54, 1.807) is 0 Å². The Kier molecular flexibility index (Phi) is 3.62. The average Bonchev–Trinajstić information content (AvgIpc) is 2.13. The van der Waals surface area contributed by atoms with Gasteiger partial charge in [-0.2, -0.15) is 5.10 Å². The zero-order chi connectivity index (χ0) is 11.4. The SMILES string of the molecule is NC(=O)NN=Cc1cc(Br)c(O)cc1F. The molecule has 0 saturated heterocycles. The van der Waals surface area contributed by atoms with Crippen molar-refractivity contribution in [2.45, 2.75) is 0 Å². The number of halogens is 2. The van der Waals surface area contributed by atoms with Gasteiger partial charge in [-0.3, -0.25) is 0 Å². The molecule has 0 fully saturated rings. The zero-order valence-electron chi connectivity index (χ0n) is 7.37. The number of hydrogen-bond acceptors (Lipinski definition) is 3. The van der Waals surface area contributed by atoms with Crippen molar-refractivity contribution < 1.29 is 14.3 Å². The van der Waals surface area contributed by atoms with Crippen molar-refractivity contribution in [1.82, 2.24) is 5.43 Å². The minimum atomic E-state index is -0.843. The summed E-state index contributed by atoms with van der Waals surface area (Å²) in [4.78, 5) is 10.2. The molecule has 1 aromatic rings. The van der Waals surface area contributed by atoms with Crippen molar-refractivity contribution in [2.24, 2.45) is 10.8 Å². The van der Waals surface area contributed by atoms with Crippen LogP contribution in [-0.2, 0) is 0 Å². The van der Waals surface area contributed by atoms with Crippen LogP contribution in [0.1, 0.15) is 5.56 Å². The highest BCUT2D eigenvalue weighted by Crippen LogP contribution is 2.25. The number of phenols is 1. The Bertz CT molecular complexity index is 423. The Morgan fingerprint density at radius 3 is 2.93 bits per heavy atom. The molecule has 2 amide bonds. The number of primary amides is 1. The summed E-state index contributed by atoms with van der Waals surface area (Å²) in [7, 11) is 0. The summed E-state index contributed by atoms with van der Waals surface area (Å²) in [6, 6.07) is 1.40. The number of carbonyl (C=O) groups excluding carboxylic acids is 1. The molecule has 4 N–H and O–H groups in total. The number of benzene rings is 1. The lowest BCUT2D eigenvalue weighted by Gasteiger charge is -2.00. The largest absolute Gasteiger partial charge is 0.507 e. The fourth-order valence-corrected chi connectivity index (χ4v) is 1.18. The number of amides is 2. The second kappa shape index (κ2) is 4.74. The zero-order valence-corrected chi connectivity index (χ0v) is 8.95. The number of hydrogen-bond donors (Lipinski definition) is 3. The maximum Gasteiger partial charge on any atom is 0.332 e. The summed E-state index contributed by atoms with van der Waals surface area (Å²) in [6.07, 6.45) is 1.07. The lowest BCUT2D eigenvalue weighted by atomic mass is 10.2. The van der Waals surface area contributed by atoms with Gasteiger partial charge in [-0.1, -0.05) is 0 Å². The van der Waals surface area contributed by atoms with E-state index in [-0.39, 0.29) is 11.3 Å². The van der Waals surface area contributed by atoms with Gasteiger partial charge in [-0.05, 0) is 22.0 Å². The van der Waals surface area contributed by atoms with Crippen molar-refractivity contribution >= 4 is 28.2 Å². The van der Waals surface area contributed by atoms with E-state index in [9.17, 15) is 9.18 Å². The Morgan fingerprint density at radius 2 is 2.33 bits per heavy atom. The van der Waals surface area contributed by atoms with Crippen LogP contribution in [0.4, 0.5) is 9.18 Å². The normalized spacial score (nSPS) is 10.5. The third-order valence-electron chi connectivity index (χ3n) is 1.44. The van der Waals surface area contributed by atoms with E-state index in [0.29, 0.717) is 4.47 Å². The Hall–Kier alpha value is -1.63. The molecule has 80 valence electrons. The van der Waals surface area contributed by atoms with Gasteiger partial charge in [0.25, 0.3) is 0 Å². The summed E-state index contributed by atoms with van der Waals surface area (Å²) < 4.78 is 13.5. The van der Waals surface area contributed by atoms with Crippen LogP contribution in [-0.4, -0.2) is 17.4 Å². The van der Waals surface area contributed by atoms with Gasteiger partial charge in [0.15, 0.2) is 0 Å². The quantitative estimate of drug-likeness (QED) is 0.561. The number of rotatable bonds is 2. The molecule has 0 saturated carbocycles. The highest BCUT2D eigenvalue weighted by molar-refractivity contribution is 9.10. The number of nitrogens with zero attached hydrogens (tertiary/aromatic N) is 1. The number of carbonyl (C=O) groups is 1. The first-order valence-corrected chi connectivity index (χ1v) is 4.56. The maximum atomic E-state index is 13.1. The molecule has 0 aliphatic heterocycles. The van der Waals surface area contributed by atoms with Gasteiger partial charge in [-0.25, -0.2) is 14.6 Å². The smallest absolute Gasteiger partial charge is 0.332 e. The van der Waals surface area contributed by atoms with Gasteiger partial charge in [0.2, 0.25) is 0 Å².